The first-order valence-electron chi connectivity index (χ1n) is 8.37. The minimum Gasteiger partial charge on any atom is -0.493 e. The fourth-order valence-electron chi connectivity index (χ4n) is 3.28. The molecule has 1 fully saturated rings. The molecule has 0 amide bonds. The molecular formula is C20H23ClO4. The van der Waals surface area contributed by atoms with Crippen LogP contribution in [-0.2, 0) is 4.74 Å². The quantitative estimate of drug-likeness (QED) is 0.718. The van der Waals surface area contributed by atoms with E-state index in [1.165, 1.54) is 0 Å². The Balaban J connectivity index is 1.87. The van der Waals surface area contributed by atoms with Crippen LogP contribution in [0.3, 0.4) is 0 Å². The standard InChI is InChI=1S/C20H23ClO4/c1-22-18-11-14(12-19(23-2)20(18)24-3)17-6-4-5-16(25-17)13-7-9-15(21)10-8-13/h7-12,16-17H,4-6H2,1-3H3/t16-,17-/m1/s1. The summed E-state index contributed by atoms with van der Waals surface area (Å²) in [7, 11) is 4.85. The highest BCUT2D eigenvalue weighted by atomic mass is 35.5. The zero-order valence-electron chi connectivity index (χ0n) is 14.8. The van der Waals surface area contributed by atoms with E-state index in [4.69, 9.17) is 30.5 Å². The lowest BCUT2D eigenvalue weighted by Crippen LogP contribution is -2.16. The molecule has 0 unspecified atom stereocenters. The van der Waals surface area contributed by atoms with Gasteiger partial charge in [-0.1, -0.05) is 23.7 Å². The van der Waals surface area contributed by atoms with Gasteiger partial charge in [-0.2, -0.15) is 0 Å². The molecule has 0 bridgehead atoms. The molecule has 0 N–H and O–H groups in total. The lowest BCUT2D eigenvalue weighted by Gasteiger charge is -2.31. The lowest BCUT2D eigenvalue weighted by molar-refractivity contribution is -0.0536. The third-order valence-corrected chi connectivity index (χ3v) is 4.81. The fourth-order valence-corrected chi connectivity index (χ4v) is 3.40. The molecule has 5 heteroatoms. The van der Waals surface area contributed by atoms with E-state index in [0.29, 0.717) is 17.2 Å². The monoisotopic (exact) mass is 362 g/mol. The van der Waals surface area contributed by atoms with Gasteiger partial charge in [-0.15, -0.1) is 0 Å². The molecule has 2 aromatic carbocycles. The van der Waals surface area contributed by atoms with Crippen LogP contribution >= 0.6 is 11.6 Å². The summed E-state index contributed by atoms with van der Waals surface area (Å²) in [6, 6.07) is 11.8. The highest BCUT2D eigenvalue weighted by Gasteiger charge is 2.27. The van der Waals surface area contributed by atoms with E-state index in [1.807, 2.05) is 36.4 Å². The summed E-state index contributed by atoms with van der Waals surface area (Å²) >= 11 is 5.99. The Bertz CT molecular complexity index is 689. The van der Waals surface area contributed by atoms with Crippen LogP contribution < -0.4 is 14.2 Å². The maximum absolute atomic E-state index is 6.38. The summed E-state index contributed by atoms with van der Waals surface area (Å²) in [4.78, 5) is 0. The molecule has 1 aliphatic rings. The minimum absolute atomic E-state index is 0.0110. The number of rotatable bonds is 5. The third kappa shape index (κ3) is 3.86. The van der Waals surface area contributed by atoms with Crippen molar-refractivity contribution >= 4 is 11.6 Å². The van der Waals surface area contributed by atoms with Crippen molar-refractivity contribution < 1.29 is 18.9 Å². The fraction of sp³-hybridized carbons (Fsp3) is 0.400. The second kappa shape index (κ2) is 7.98. The Labute approximate surface area is 153 Å². The van der Waals surface area contributed by atoms with E-state index in [-0.39, 0.29) is 12.2 Å². The number of benzene rings is 2. The molecule has 134 valence electrons. The summed E-state index contributed by atoms with van der Waals surface area (Å²) in [6.07, 6.45) is 3.11. The molecule has 1 saturated heterocycles. The molecule has 0 spiro atoms. The molecule has 0 radical (unpaired) electrons. The highest BCUT2D eigenvalue weighted by molar-refractivity contribution is 6.30. The van der Waals surface area contributed by atoms with Crippen LogP contribution in [0.15, 0.2) is 36.4 Å². The first-order valence-corrected chi connectivity index (χ1v) is 8.75. The van der Waals surface area contributed by atoms with Crippen LogP contribution in [-0.4, -0.2) is 21.3 Å². The average molecular weight is 363 g/mol. The van der Waals surface area contributed by atoms with Crippen molar-refractivity contribution in [3.05, 3.63) is 52.5 Å². The van der Waals surface area contributed by atoms with Crippen LogP contribution in [0.1, 0.15) is 42.6 Å². The summed E-state index contributed by atoms with van der Waals surface area (Å²) in [6.45, 7) is 0. The van der Waals surface area contributed by atoms with Crippen LogP contribution in [0.2, 0.25) is 5.02 Å². The number of hydrogen-bond donors (Lipinski definition) is 0. The van der Waals surface area contributed by atoms with E-state index in [2.05, 4.69) is 0 Å². The normalized spacial score (nSPS) is 20.2. The number of methoxy groups -OCH3 is 3. The second-order valence-corrected chi connectivity index (χ2v) is 6.49. The molecule has 1 heterocycles. The molecule has 25 heavy (non-hydrogen) atoms. The summed E-state index contributed by atoms with van der Waals surface area (Å²) in [5, 5.41) is 0.737. The van der Waals surface area contributed by atoms with Gasteiger partial charge in [-0.05, 0) is 54.7 Å². The number of hydrogen-bond acceptors (Lipinski definition) is 4. The van der Waals surface area contributed by atoms with Crippen molar-refractivity contribution in [3.63, 3.8) is 0 Å². The van der Waals surface area contributed by atoms with Crippen LogP contribution in [0, 0.1) is 0 Å². The maximum atomic E-state index is 6.38. The highest BCUT2D eigenvalue weighted by Crippen LogP contribution is 2.44. The molecule has 2 aromatic rings. The first kappa shape index (κ1) is 17.9. The van der Waals surface area contributed by atoms with Crippen molar-refractivity contribution in [2.24, 2.45) is 0 Å². The third-order valence-electron chi connectivity index (χ3n) is 4.56. The zero-order valence-corrected chi connectivity index (χ0v) is 15.5. The van der Waals surface area contributed by atoms with E-state index in [9.17, 15) is 0 Å². The second-order valence-electron chi connectivity index (χ2n) is 6.05. The van der Waals surface area contributed by atoms with Gasteiger partial charge in [-0.3, -0.25) is 0 Å². The Morgan fingerprint density at radius 3 is 1.92 bits per heavy atom. The van der Waals surface area contributed by atoms with Gasteiger partial charge in [0.05, 0.1) is 33.5 Å². The average Bonchev–Trinajstić information content (AvgIpc) is 2.67. The van der Waals surface area contributed by atoms with Gasteiger partial charge in [0, 0.05) is 5.02 Å². The Hall–Kier alpha value is -1.91. The maximum Gasteiger partial charge on any atom is 0.203 e. The topological polar surface area (TPSA) is 36.9 Å². The van der Waals surface area contributed by atoms with Gasteiger partial charge in [0.1, 0.15) is 0 Å². The van der Waals surface area contributed by atoms with Gasteiger partial charge in [0.2, 0.25) is 5.75 Å². The number of ether oxygens (including phenoxy) is 4. The van der Waals surface area contributed by atoms with Gasteiger partial charge in [0.25, 0.3) is 0 Å². The van der Waals surface area contributed by atoms with Crippen molar-refractivity contribution in [1.29, 1.82) is 0 Å². The van der Waals surface area contributed by atoms with Crippen LogP contribution in [0.5, 0.6) is 17.2 Å². The van der Waals surface area contributed by atoms with Crippen LogP contribution in [0.25, 0.3) is 0 Å². The lowest BCUT2D eigenvalue weighted by atomic mass is 9.94. The van der Waals surface area contributed by atoms with Crippen molar-refractivity contribution in [2.75, 3.05) is 21.3 Å². The molecule has 0 saturated carbocycles. The van der Waals surface area contributed by atoms with Crippen LogP contribution in [0.4, 0.5) is 0 Å². The van der Waals surface area contributed by atoms with Crippen molar-refractivity contribution in [3.8, 4) is 17.2 Å². The summed E-state index contributed by atoms with van der Waals surface area (Å²) < 4.78 is 22.7. The molecular weight excluding hydrogens is 340 g/mol. The molecule has 1 aliphatic heterocycles. The Morgan fingerprint density at radius 2 is 1.40 bits per heavy atom. The number of halogens is 1. The SMILES string of the molecule is COc1cc([C@H]2CCC[C@H](c3ccc(Cl)cc3)O2)cc(OC)c1OC. The van der Waals surface area contributed by atoms with Gasteiger partial charge < -0.3 is 18.9 Å². The van der Waals surface area contributed by atoms with Gasteiger partial charge >= 0.3 is 0 Å². The van der Waals surface area contributed by atoms with E-state index in [0.717, 1.165) is 35.4 Å². The zero-order chi connectivity index (χ0) is 17.8. The summed E-state index contributed by atoms with van der Waals surface area (Å²) in [5.41, 5.74) is 2.19. The summed E-state index contributed by atoms with van der Waals surface area (Å²) in [5.74, 6) is 1.89. The molecule has 3 rings (SSSR count). The predicted octanol–water partition coefficient (Wildman–Crippen LogP) is 5.35. The Kier molecular flexibility index (Phi) is 5.71. The Morgan fingerprint density at radius 1 is 0.840 bits per heavy atom. The molecule has 0 aliphatic carbocycles. The van der Waals surface area contributed by atoms with Crippen molar-refractivity contribution in [1.82, 2.24) is 0 Å². The largest absolute Gasteiger partial charge is 0.493 e. The molecule has 4 nitrogen and oxygen atoms in total. The smallest absolute Gasteiger partial charge is 0.203 e. The van der Waals surface area contributed by atoms with Crippen molar-refractivity contribution in [2.45, 2.75) is 31.5 Å². The first-order chi connectivity index (χ1) is 12.2. The predicted molar refractivity (Wildman–Crippen MR) is 98.0 cm³/mol. The van der Waals surface area contributed by atoms with Gasteiger partial charge in [-0.25, -0.2) is 0 Å². The minimum atomic E-state index is -0.0110. The molecule has 2 atom stereocenters. The van der Waals surface area contributed by atoms with E-state index < -0.39 is 0 Å². The van der Waals surface area contributed by atoms with E-state index in [1.54, 1.807) is 21.3 Å². The molecule has 0 aromatic heterocycles. The van der Waals surface area contributed by atoms with Gasteiger partial charge in [0.15, 0.2) is 11.5 Å². The van der Waals surface area contributed by atoms with E-state index >= 15 is 0 Å².